The standard InChI is InChI=1S/C26H19FN2OS/c1-17-7-5-11-20(13-17)24-28-25-22(15-23(31-25)19-9-3-2-4-10-19)26(30)29(24)16-18-8-6-12-21(27)14-18/h2-15H,16H2,1H3. The molecule has 152 valence electrons. The quantitative estimate of drug-likeness (QED) is 0.339. The molecule has 0 saturated carbocycles. The first-order valence-corrected chi connectivity index (χ1v) is 10.8. The second-order valence-corrected chi connectivity index (χ2v) is 8.55. The average molecular weight is 427 g/mol. The van der Waals surface area contributed by atoms with Gasteiger partial charge >= 0.3 is 0 Å². The monoisotopic (exact) mass is 426 g/mol. The van der Waals surface area contributed by atoms with Gasteiger partial charge in [0, 0.05) is 10.4 Å². The minimum atomic E-state index is -0.321. The summed E-state index contributed by atoms with van der Waals surface area (Å²) in [5.74, 6) is 0.269. The molecule has 0 amide bonds. The van der Waals surface area contributed by atoms with Crippen LogP contribution in [-0.4, -0.2) is 9.55 Å². The highest BCUT2D eigenvalue weighted by molar-refractivity contribution is 7.21. The van der Waals surface area contributed by atoms with E-state index in [-0.39, 0.29) is 17.9 Å². The Kier molecular flexibility index (Phi) is 4.96. The fraction of sp³-hybridized carbons (Fsp3) is 0.0769. The van der Waals surface area contributed by atoms with E-state index in [1.807, 2.05) is 73.7 Å². The lowest BCUT2D eigenvalue weighted by molar-refractivity contribution is 0.623. The molecule has 0 atom stereocenters. The second-order valence-electron chi connectivity index (χ2n) is 7.52. The van der Waals surface area contributed by atoms with Crippen LogP contribution in [0.4, 0.5) is 4.39 Å². The van der Waals surface area contributed by atoms with Gasteiger partial charge in [-0.25, -0.2) is 9.37 Å². The van der Waals surface area contributed by atoms with Gasteiger partial charge < -0.3 is 0 Å². The summed E-state index contributed by atoms with van der Waals surface area (Å²) in [7, 11) is 0. The molecule has 0 bridgehead atoms. The van der Waals surface area contributed by atoms with Crippen LogP contribution in [0.3, 0.4) is 0 Å². The first-order chi connectivity index (χ1) is 15.1. The Hall–Kier alpha value is -3.57. The molecule has 0 spiro atoms. The molecule has 2 heterocycles. The van der Waals surface area contributed by atoms with Gasteiger partial charge in [-0.1, -0.05) is 66.2 Å². The zero-order valence-electron chi connectivity index (χ0n) is 16.9. The molecular formula is C26H19FN2OS. The molecule has 3 nitrogen and oxygen atoms in total. The van der Waals surface area contributed by atoms with E-state index in [2.05, 4.69) is 0 Å². The SMILES string of the molecule is Cc1cccc(-c2nc3sc(-c4ccccc4)cc3c(=O)n2Cc2cccc(F)c2)c1. The van der Waals surface area contributed by atoms with Gasteiger partial charge in [0.25, 0.3) is 5.56 Å². The van der Waals surface area contributed by atoms with Crippen LogP contribution in [0.2, 0.25) is 0 Å². The summed E-state index contributed by atoms with van der Waals surface area (Å²) in [6.45, 7) is 2.26. The Morgan fingerprint density at radius 3 is 2.45 bits per heavy atom. The van der Waals surface area contributed by atoms with Crippen molar-refractivity contribution < 1.29 is 4.39 Å². The number of halogens is 1. The van der Waals surface area contributed by atoms with Crippen molar-refractivity contribution in [1.82, 2.24) is 9.55 Å². The molecule has 0 aliphatic carbocycles. The molecule has 0 unspecified atom stereocenters. The predicted octanol–water partition coefficient (Wildman–Crippen LogP) is 6.29. The van der Waals surface area contributed by atoms with Crippen LogP contribution < -0.4 is 5.56 Å². The maximum Gasteiger partial charge on any atom is 0.262 e. The highest BCUT2D eigenvalue weighted by Crippen LogP contribution is 2.32. The fourth-order valence-corrected chi connectivity index (χ4v) is 4.76. The summed E-state index contributed by atoms with van der Waals surface area (Å²) in [5.41, 5.74) is 3.60. The predicted molar refractivity (Wildman–Crippen MR) is 125 cm³/mol. The number of hydrogen-bond donors (Lipinski definition) is 0. The Morgan fingerprint density at radius 2 is 1.68 bits per heavy atom. The van der Waals surface area contributed by atoms with E-state index in [4.69, 9.17) is 4.98 Å². The zero-order chi connectivity index (χ0) is 21.4. The van der Waals surface area contributed by atoms with Crippen molar-refractivity contribution in [3.05, 3.63) is 112 Å². The van der Waals surface area contributed by atoms with E-state index >= 15 is 0 Å². The number of benzene rings is 3. The van der Waals surface area contributed by atoms with Crippen molar-refractivity contribution >= 4 is 21.6 Å². The molecule has 3 aromatic carbocycles. The molecule has 5 heteroatoms. The van der Waals surface area contributed by atoms with Crippen molar-refractivity contribution in [1.29, 1.82) is 0 Å². The van der Waals surface area contributed by atoms with Crippen LogP contribution in [-0.2, 0) is 6.54 Å². The number of aromatic nitrogens is 2. The molecule has 2 aromatic heterocycles. The lowest BCUT2D eigenvalue weighted by atomic mass is 10.1. The van der Waals surface area contributed by atoms with Crippen molar-refractivity contribution in [2.45, 2.75) is 13.5 Å². The summed E-state index contributed by atoms with van der Waals surface area (Å²) in [6.07, 6.45) is 0. The first-order valence-electron chi connectivity index (χ1n) is 10.00. The highest BCUT2D eigenvalue weighted by Gasteiger charge is 2.17. The third-order valence-corrected chi connectivity index (χ3v) is 6.29. The first kappa shape index (κ1) is 19.4. The van der Waals surface area contributed by atoms with Crippen LogP contribution >= 0.6 is 11.3 Å². The number of thiophene rings is 1. The molecule has 0 aliphatic heterocycles. The Bertz CT molecular complexity index is 1450. The largest absolute Gasteiger partial charge is 0.288 e. The topological polar surface area (TPSA) is 34.9 Å². The average Bonchev–Trinajstić information content (AvgIpc) is 3.21. The summed E-state index contributed by atoms with van der Waals surface area (Å²) in [5, 5.41) is 0.580. The minimum Gasteiger partial charge on any atom is -0.288 e. The van der Waals surface area contributed by atoms with Crippen LogP contribution in [0.25, 0.3) is 32.0 Å². The van der Waals surface area contributed by atoms with Crippen molar-refractivity contribution in [3.63, 3.8) is 0 Å². The normalized spacial score (nSPS) is 11.2. The summed E-state index contributed by atoms with van der Waals surface area (Å²) >= 11 is 1.51. The lowest BCUT2D eigenvalue weighted by Gasteiger charge is -2.13. The molecule has 0 saturated heterocycles. The Balaban J connectivity index is 1.74. The number of rotatable bonds is 4. The summed E-state index contributed by atoms with van der Waals surface area (Å²) < 4.78 is 15.4. The molecular weight excluding hydrogens is 407 g/mol. The van der Waals surface area contributed by atoms with E-state index < -0.39 is 0 Å². The smallest absolute Gasteiger partial charge is 0.262 e. The summed E-state index contributed by atoms with van der Waals surface area (Å²) in [4.78, 5) is 20.2. The number of fused-ring (bicyclic) bond motifs is 1. The van der Waals surface area contributed by atoms with Crippen molar-refractivity contribution in [3.8, 4) is 21.8 Å². The van der Waals surface area contributed by atoms with Gasteiger partial charge in [-0.2, -0.15) is 0 Å². The van der Waals surface area contributed by atoms with Gasteiger partial charge in [0.2, 0.25) is 0 Å². The lowest BCUT2D eigenvalue weighted by Crippen LogP contribution is -2.23. The molecule has 5 rings (SSSR count). The third kappa shape index (κ3) is 3.80. The Morgan fingerprint density at radius 1 is 0.903 bits per heavy atom. The van der Waals surface area contributed by atoms with Gasteiger partial charge in [-0.15, -0.1) is 11.3 Å². The van der Waals surface area contributed by atoms with Crippen molar-refractivity contribution in [2.24, 2.45) is 0 Å². The van der Waals surface area contributed by atoms with Gasteiger partial charge in [0.15, 0.2) is 0 Å². The van der Waals surface area contributed by atoms with Crippen molar-refractivity contribution in [2.75, 3.05) is 0 Å². The van der Waals surface area contributed by atoms with Crippen LogP contribution in [0.15, 0.2) is 89.7 Å². The zero-order valence-corrected chi connectivity index (χ0v) is 17.7. The number of nitrogens with zero attached hydrogens (tertiary/aromatic N) is 2. The van der Waals surface area contributed by atoms with E-state index in [1.165, 1.54) is 23.5 Å². The van der Waals surface area contributed by atoms with E-state index in [0.717, 1.165) is 27.1 Å². The fourth-order valence-electron chi connectivity index (χ4n) is 3.73. The van der Waals surface area contributed by atoms with Crippen LogP contribution in [0.1, 0.15) is 11.1 Å². The van der Waals surface area contributed by atoms with E-state index in [1.54, 1.807) is 10.6 Å². The molecule has 0 fully saturated rings. The molecule has 0 radical (unpaired) electrons. The molecule has 0 aliphatic rings. The van der Waals surface area contributed by atoms with E-state index in [0.29, 0.717) is 16.0 Å². The number of hydrogen-bond acceptors (Lipinski definition) is 3. The number of aryl methyl sites for hydroxylation is 1. The van der Waals surface area contributed by atoms with E-state index in [9.17, 15) is 9.18 Å². The highest BCUT2D eigenvalue weighted by atomic mass is 32.1. The van der Waals surface area contributed by atoms with Gasteiger partial charge in [-0.3, -0.25) is 9.36 Å². The second kappa shape index (κ2) is 7.93. The van der Waals surface area contributed by atoms with Gasteiger partial charge in [-0.05, 0) is 42.3 Å². The third-order valence-electron chi connectivity index (χ3n) is 5.22. The molecule has 0 N–H and O–H groups in total. The van der Waals surface area contributed by atoms with Crippen LogP contribution in [0, 0.1) is 12.7 Å². The van der Waals surface area contributed by atoms with Gasteiger partial charge in [0.1, 0.15) is 16.5 Å². The van der Waals surface area contributed by atoms with Gasteiger partial charge in [0.05, 0.1) is 11.9 Å². The maximum atomic E-state index is 13.8. The minimum absolute atomic E-state index is 0.121. The summed E-state index contributed by atoms with van der Waals surface area (Å²) in [6, 6.07) is 26.2. The molecule has 31 heavy (non-hydrogen) atoms. The van der Waals surface area contributed by atoms with Crippen LogP contribution in [0.5, 0.6) is 0 Å². The molecule has 5 aromatic rings. The Labute approximate surface area is 183 Å². The maximum absolute atomic E-state index is 13.8.